The van der Waals surface area contributed by atoms with E-state index in [2.05, 4.69) is 5.32 Å². The van der Waals surface area contributed by atoms with Gasteiger partial charge in [0.2, 0.25) is 0 Å². The number of halogens is 3. The maximum atomic E-state index is 14.0. The van der Waals surface area contributed by atoms with E-state index in [1.807, 2.05) is 0 Å². The molecule has 0 bridgehead atoms. The molecular weight excluding hydrogens is 339 g/mol. The van der Waals surface area contributed by atoms with Crippen LogP contribution in [0.4, 0.5) is 13.2 Å². The van der Waals surface area contributed by atoms with Crippen LogP contribution in [-0.4, -0.2) is 14.7 Å². The minimum Gasteiger partial charge on any atom is -0.304 e. The Morgan fingerprint density at radius 1 is 0.833 bits per heavy atom. The van der Waals surface area contributed by atoms with Crippen molar-refractivity contribution in [3.63, 3.8) is 0 Å². The van der Waals surface area contributed by atoms with Gasteiger partial charge in [-0.1, -0.05) is 12.1 Å². The molecule has 0 aliphatic heterocycles. The lowest BCUT2D eigenvalue weighted by molar-refractivity contribution is 0.477. The van der Waals surface area contributed by atoms with Crippen LogP contribution in [0.25, 0.3) is 0 Å². The molecular formula is C17H18F3NO2S. The number of benzene rings is 2. The molecule has 0 radical (unpaired) electrons. The largest absolute Gasteiger partial charge is 0.304 e. The Morgan fingerprint density at radius 3 is 1.79 bits per heavy atom. The molecule has 0 fully saturated rings. The van der Waals surface area contributed by atoms with Gasteiger partial charge >= 0.3 is 0 Å². The van der Waals surface area contributed by atoms with Crippen LogP contribution < -0.4 is 5.32 Å². The van der Waals surface area contributed by atoms with Crippen LogP contribution in [0.2, 0.25) is 0 Å². The van der Waals surface area contributed by atoms with E-state index in [9.17, 15) is 21.6 Å². The zero-order chi connectivity index (χ0) is 18.1. The summed E-state index contributed by atoms with van der Waals surface area (Å²) in [6.07, 6.45) is 0.942. The van der Waals surface area contributed by atoms with Gasteiger partial charge in [0.05, 0.1) is 0 Å². The van der Waals surface area contributed by atoms with Crippen LogP contribution in [0.1, 0.15) is 37.1 Å². The summed E-state index contributed by atoms with van der Waals surface area (Å²) in [5.74, 6) is -2.67. The summed E-state index contributed by atoms with van der Waals surface area (Å²) < 4.78 is 63.1. The molecule has 0 saturated carbocycles. The van der Waals surface area contributed by atoms with Crippen molar-refractivity contribution in [1.82, 2.24) is 5.32 Å². The topological polar surface area (TPSA) is 46.2 Å². The molecule has 24 heavy (non-hydrogen) atoms. The number of sulfone groups is 1. The molecule has 2 unspecified atom stereocenters. The van der Waals surface area contributed by atoms with E-state index in [1.165, 1.54) is 18.2 Å². The van der Waals surface area contributed by atoms with Gasteiger partial charge in [-0.15, -0.1) is 0 Å². The molecule has 7 heteroatoms. The Hall–Kier alpha value is -1.86. The van der Waals surface area contributed by atoms with E-state index < -0.39 is 27.3 Å². The van der Waals surface area contributed by atoms with E-state index in [4.69, 9.17) is 0 Å². The van der Waals surface area contributed by atoms with Gasteiger partial charge in [-0.25, -0.2) is 21.6 Å². The van der Waals surface area contributed by atoms with Crippen molar-refractivity contribution in [2.75, 3.05) is 6.26 Å². The third-order valence-corrected chi connectivity index (χ3v) is 4.93. The van der Waals surface area contributed by atoms with Gasteiger partial charge in [-0.2, -0.15) is 0 Å². The lowest BCUT2D eigenvalue weighted by Crippen LogP contribution is -2.23. The summed E-state index contributed by atoms with van der Waals surface area (Å²) in [6.45, 7) is 3.54. The summed E-state index contributed by atoms with van der Waals surface area (Å²) in [6, 6.07) is 6.89. The highest BCUT2D eigenvalue weighted by Gasteiger charge is 2.17. The first-order valence-electron chi connectivity index (χ1n) is 7.30. The lowest BCUT2D eigenvalue weighted by atomic mass is 10.0. The van der Waals surface area contributed by atoms with Crippen LogP contribution >= 0.6 is 0 Å². The summed E-state index contributed by atoms with van der Waals surface area (Å²) >= 11 is 0. The minimum atomic E-state index is -3.62. The molecule has 3 nitrogen and oxygen atoms in total. The third-order valence-electron chi connectivity index (χ3n) is 3.80. The van der Waals surface area contributed by atoms with Gasteiger partial charge in [-0.3, -0.25) is 0 Å². The zero-order valence-electron chi connectivity index (χ0n) is 13.5. The van der Waals surface area contributed by atoms with Gasteiger partial charge in [-0.05, 0) is 49.2 Å². The first-order chi connectivity index (χ1) is 11.1. The van der Waals surface area contributed by atoms with Crippen molar-refractivity contribution in [2.45, 2.75) is 30.8 Å². The Balaban J connectivity index is 2.18. The van der Waals surface area contributed by atoms with E-state index in [0.29, 0.717) is 11.1 Å². The quantitative estimate of drug-likeness (QED) is 0.882. The Labute approximate surface area is 139 Å². The molecule has 0 spiro atoms. The highest BCUT2D eigenvalue weighted by Crippen LogP contribution is 2.23. The standard InChI is InChI=1S/C17H18F3NO2S/c1-10(12-4-6-14(18)15(19)8-12)21-11(2)13-5-7-17(16(20)9-13)24(3,22)23/h4-11,21H,1-3H3. The maximum Gasteiger partial charge on any atom is 0.178 e. The molecule has 2 aromatic rings. The molecule has 0 heterocycles. The number of rotatable bonds is 5. The van der Waals surface area contributed by atoms with Gasteiger partial charge in [0, 0.05) is 18.3 Å². The monoisotopic (exact) mass is 357 g/mol. The van der Waals surface area contributed by atoms with Crippen molar-refractivity contribution in [3.8, 4) is 0 Å². The van der Waals surface area contributed by atoms with Crippen molar-refractivity contribution in [2.24, 2.45) is 0 Å². The molecule has 0 aliphatic carbocycles. The van der Waals surface area contributed by atoms with E-state index in [-0.39, 0.29) is 17.0 Å². The van der Waals surface area contributed by atoms with Crippen molar-refractivity contribution >= 4 is 9.84 Å². The van der Waals surface area contributed by atoms with Crippen molar-refractivity contribution in [1.29, 1.82) is 0 Å². The summed E-state index contributed by atoms with van der Waals surface area (Å²) in [5, 5.41) is 3.14. The zero-order valence-corrected chi connectivity index (χ0v) is 14.3. The highest BCUT2D eigenvalue weighted by atomic mass is 32.2. The SMILES string of the molecule is CC(NC(C)c1ccc(S(C)(=O)=O)c(F)c1)c1ccc(F)c(F)c1. The van der Waals surface area contributed by atoms with Crippen LogP contribution in [0.15, 0.2) is 41.3 Å². The number of nitrogens with one attached hydrogen (secondary N) is 1. The van der Waals surface area contributed by atoms with Crippen LogP contribution in [-0.2, 0) is 9.84 Å². The normalized spacial score (nSPS) is 14.4. The van der Waals surface area contributed by atoms with E-state index in [1.54, 1.807) is 13.8 Å². The van der Waals surface area contributed by atoms with Crippen molar-refractivity contribution in [3.05, 3.63) is 65.0 Å². The Morgan fingerprint density at radius 2 is 1.33 bits per heavy atom. The fourth-order valence-electron chi connectivity index (χ4n) is 2.44. The lowest BCUT2D eigenvalue weighted by Gasteiger charge is -2.21. The molecule has 130 valence electrons. The highest BCUT2D eigenvalue weighted by molar-refractivity contribution is 7.90. The summed E-state index contributed by atoms with van der Waals surface area (Å²) in [5.41, 5.74) is 1.10. The first-order valence-corrected chi connectivity index (χ1v) is 9.19. The Bertz CT molecular complexity index is 853. The second-order valence-electron chi connectivity index (χ2n) is 5.75. The second-order valence-corrected chi connectivity index (χ2v) is 7.73. The number of hydrogen-bond acceptors (Lipinski definition) is 3. The fraction of sp³-hybridized carbons (Fsp3) is 0.294. The van der Waals surface area contributed by atoms with Gasteiger partial charge in [0.15, 0.2) is 21.5 Å². The van der Waals surface area contributed by atoms with E-state index >= 15 is 0 Å². The molecule has 2 atom stereocenters. The maximum absolute atomic E-state index is 14.0. The van der Waals surface area contributed by atoms with Crippen LogP contribution in [0.5, 0.6) is 0 Å². The minimum absolute atomic E-state index is 0.312. The molecule has 2 rings (SSSR count). The van der Waals surface area contributed by atoms with Crippen LogP contribution in [0.3, 0.4) is 0 Å². The van der Waals surface area contributed by atoms with Gasteiger partial charge in [0.25, 0.3) is 0 Å². The van der Waals surface area contributed by atoms with Crippen LogP contribution in [0, 0.1) is 17.5 Å². The summed E-state index contributed by atoms with van der Waals surface area (Å²) in [4.78, 5) is -0.355. The summed E-state index contributed by atoms with van der Waals surface area (Å²) in [7, 11) is -3.62. The van der Waals surface area contributed by atoms with E-state index in [0.717, 1.165) is 24.5 Å². The second kappa shape index (κ2) is 6.94. The predicted octanol–water partition coefficient (Wildman–Crippen LogP) is 3.92. The first kappa shape index (κ1) is 18.5. The van der Waals surface area contributed by atoms with Gasteiger partial charge in [0.1, 0.15) is 10.7 Å². The fourth-order valence-corrected chi connectivity index (χ4v) is 3.16. The molecule has 0 aromatic heterocycles. The molecule has 2 aromatic carbocycles. The molecule has 0 amide bonds. The average Bonchev–Trinajstić information content (AvgIpc) is 2.48. The predicted molar refractivity (Wildman–Crippen MR) is 85.8 cm³/mol. The molecule has 0 aliphatic rings. The Kier molecular flexibility index (Phi) is 5.35. The average molecular weight is 357 g/mol. The third kappa shape index (κ3) is 4.15. The molecule has 0 saturated heterocycles. The smallest absolute Gasteiger partial charge is 0.178 e. The molecule has 1 N–H and O–H groups in total. The van der Waals surface area contributed by atoms with Crippen molar-refractivity contribution < 1.29 is 21.6 Å². The number of hydrogen-bond donors (Lipinski definition) is 1. The van der Waals surface area contributed by atoms with Gasteiger partial charge < -0.3 is 5.32 Å².